The van der Waals surface area contributed by atoms with Crippen molar-refractivity contribution in [3.63, 3.8) is 0 Å². The molecule has 2 amide bonds. The van der Waals surface area contributed by atoms with Crippen LogP contribution < -0.4 is 11.1 Å². The standard InChI is InChI=1S/C18H22N4O5S/c1-11-16(12(2)27-21-11)28(25,26)22-9-7-14(8-10-22)18(24)20-15-5-3-13(4-6-15)17(19)23/h3-6,14H,7-10H2,1-2H3,(H2,19,23)(H,20,24). The number of sulfonamides is 1. The smallest absolute Gasteiger partial charge is 0.248 e. The van der Waals surface area contributed by atoms with Crippen molar-refractivity contribution in [1.29, 1.82) is 0 Å². The molecule has 2 heterocycles. The second-order valence-electron chi connectivity index (χ2n) is 6.76. The third-order valence-electron chi connectivity index (χ3n) is 4.83. The largest absolute Gasteiger partial charge is 0.366 e. The Bertz CT molecular complexity index is 970. The number of amides is 2. The van der Waals surface area contributed by atoms with Crippen molar-refractivity contribution in [2.24, 2.45) is 11.7 Å². The number of hydrogen-bond donors (Lipinski definition) is 2. The van der Waals surface area contributed by atoms with Crippen molar-refractivity contribution < 1.29 is 22.5 Å². The predicted octanol–water partition coefficient (Wildman–Crippen LogP) is 1.43. The van der Waals surface area contributed by atoms with E-state index >= 15 is 0 Å². The summed E-state index contributed by atoms with van der Waals surface area (Å²) in [5.41, 5.74) is 6.44. The van der Waals surface area contributed by atoms with Gasteiger partial charge >= 0.3 is 0 Å². The number of aryl methyl sites for hydroxylation is 2. The van der Waals surface area contributed by atoms with Gasteiger partial charge in [-0.15, -0.1) is 0 Å². The summed E-state index contributed by atoms with van der Waals surface area (Å²) >= 11 is 0. The first-order valence-corrected chi connectivity index (χ1v) is 10.3. The number of nitrogens with two attached hydrogens (primary N) is 1. The van der Waals surface area contributed by atoms with E-state index in [4.69, 9.17) is 10.3 Å². The van der Waals surface area contributed by atoms with Crippen LogP contribution in [0.25, 0.3) is 0 Å². The molecule has 9 nitrogen and oxygen atoms in total. The van der Waals surface area contributed by atoms with Gasteiger partial charge in [0.05, 0.1) is 0 Å². The number of aromatic nitrogens is 1. The quantitative estimate of drug-likeness (QED) is 0.771. The second-order valence-corrected chi connectivity index (χ2v) is 8.64. The summed E-state index contributed by atoms with van der Waals surface area (Å²) in [6.07, 6.45) is 0.821. The van der Waals surface area contributed by atoms with Gasteiger partial charge in [-0.25, -0.2) is 8.42 Å². The van der Waals surface area contributed by atoms with E-state index in [1.54, 1.807) is 26.0 Å². The van der Waals surface area contributed by atoms with Gasteiger partial charge in [0.2, 0.25) is 21.8 Å². The van der Waals surface area contributed by atoms with E-state index in [1.807, 2.05) is 0 Å². The minimum atomic E-state index is -3.70. The number of nitrogens with one attached hydrogen (secondary N) is 1. The highest BCUT2D eigenvalue weighted by Gasteiger charge is 2.35. The second kappa shape index (κ2) is 7.72. The van der Waals surface area contributed by atoms with Gasteiger partial charge in [-0.2, -0.15) is 4.31 Å². The minimum Gasteiger partial charge on any atom is -0.366 e. The van der Waals surface area contributed by atoms with E-state index in [2.05, 4.69) is 10.5 Å². The van der Waals surface area contributed by atoms with E-state index < -0.39 is 15.9 Å². The van der Waals surface area contributed by atoms with Crippen LogP contribution in [0.3, 0.4) is 0 Å². The maximum Gasteiger partial charge on any atom is 0.248 e. The first-order chi connectivity index (χ1) is 13.2. The van der Waals surface area contributed by atoms with E-state index in [0.717, 1.165) is 0 Å². The molecule has 3 N–H and O–H groups in total. The molecule has 2 aromatic rings. The molecule has 1 saturated heterocycles. The summed E-state index contributed by atoms with van der Waals surface area (Å²) in [4.78, 5) is 23.7. The molecule has 150 valence electrons. The van der Waals surface area contributed by atoms with Crippen LogP contribution in [0.1, 0.15) is 34.7 Å². The highest BCUT2D eigenvalue weighted by Crippen LogP contribution is 2.28. The monoisotopic (exact) mass is 406 g/mol. The SMILES string of the molecule is Cc1noc(C)c1S(=O)(=O)N1CCC(C(=O)Nc2ccc(C(N)=O)cc2)CC1. The van der Waals surface area contributed by atoms with Gasteiger partial charge in [0.25, 0.3) is 0 Å². The Balaban J connectivity index is 1.62. The fourth-order valence-corrected chi connectivity index (χ4v) is 5.05. The van der Waals surface area contributed by atoms with Crippen molar-refractivity contribution >= 4 is 27.5 Å². The zero-order valence-corrected chi connectivity index (χ0v) is 16.5. The number of benzene rings is 1. The molecule has 1 aromatic heterocycles. The zero-order valence-electron chi connectivity index (χ0n) is 15.6. The minimum absolute atomic E-state index is 0.102. The summed E-state index contributed by atoms with van der Waals surface area (Å²) in [7, 11) is -3.70. The molecule has 0 bridgehead atoms. The zero-order chi connectivity index (χ0) is 20.5. The van der Waals surface area contributed by atoms with Crippen molar-refractivity contribution in [2.45, 2.75) is 31.6 Å². The number of primary amides is 1. The van der Waals surface area contributed by atoms with Crippen molar-refractivity contribution in [3.05, 3.63) is 41.3 Å². The number of hydrogen-bond acceptors (Lipinski definition) is 6. The van der Waals surface area contributed by atoms with Gasteiger partial charge < -0.3 is 15.6 Å². The van der Waals surface area contributed by atoms with Crippen LogP contribution in [0.5, 0.6) is 0 Å². The molecule has 0 saturated carbocycles. The maximum absolute atomic E-state index is 12.8. The van der Waals surface area contributed by atoms with Gasteiger partial charge in [0.1, 0.15) is 10.6 Å². The molecule has 1 aromatic carbocycles. The number of anilines is 1. The van der Waals surface area contributed by atoms with Crippen molar-refractivity contribution in [3.8, 4) is 0 Å². The van der Waals surface area contributed by atoms with E-state index in [0.29, 0.717) is 29.8 Å². The van der Waals surface area contributed by atoms with Crippen LogP contribution in [0.4, 0.5) is 5.69 Å². The highest BCUT2D eigenvalue weighted by molar-refractivity contribution is 7.89. The third kappa shape index (κ3) is 3.92. The lowest BCUT2D eigenvalue weighted by Crippen LogP contribution is -2.41. The lowest BCUT2D eigenvalue weighted by atomic mass is 9.97. The molecular formula is C18H22N4O5S. The number of nitrogens with zero attached hydrogens (tertiary/aromatic N) is 2. The van der Waals surface area contributed by atoms with Gasteiger partial charge in [-0.1, -0.05) is 5.16 Å². The van der Waals surface area contributed by atoms with Crippen molar-refractivity contribution in [2.75, 3.05) is 18.4 Å². The molecular weight excluding hydrogens is 384 g/mol. The molecule has 3 rings (SSSR count). The Hall–Kier alpha value is -2.72. The molecule has 1 aliphatic heterocycles. The Kier molecular flexibility index (Phi) is 5.52. The molecule has 0 aliphatic carbocycles. The molecule has 1 aliphatic rings. The van der Waals surface area contributed by atoms with Crippen LogP contribution in [0.2, 0.25) is 0 Å². The molecule has 28 heavy (non-hydrogen) atoms. The summed E-state index contributed by atoms with van der Waals surface area (Å²) in [6, 6.07) is 6.29. The highest BCUT2D eigenvalue weighted by atomic mass is 32.2. The van der Waals surface area contributed by atoms with E-state index in [9.17, 15) is 18.0 Å². The summed E-state index contributed by atoms with van der Waals surface area (Å²) in [5, 5.41) is 6.50. The summed E-state index contributed by atoms with van der Waals surface area (Å²) in [5.74, 6) is -0.755. The predicted molar refractivity (Wildman–Crippen MR) is 101 cm³/mol. The van der Waals surface area contributed by atoms with Crippen LogP contribution in [0, 0.1) is 19.8 Å². The van der Waals surface area contributed by atoms with Gasteiger partial charge in [-0.05, 0) is 51.0 Å². The summed E-state index contributed by atoms with van der Waals surface area (Å²) in [6.45, 7) is 3.64. The van der Waals surface area contributed by atoms with Crippen LogP contribution in [-0.2, 0) is 14.8 Å². The van der Waals surface area contributed by atoms with Gasteiger partial charge in [0.15, 0.2) is 5.76 Å². The Morgan fingerprint density at radius 1 is 1.18 bits per heavy atom. The number of rotatable bonds is 5. The Labute approximate surface area is 162 Å². The number of carbonyl (C=O) groups is 2. The number of carbonyl (C=O) groups excluding carboxylic acids is 2. The Morgan fingerprint density at radius 3 is 2.29 bits per heavy atom. The van der Waals surface area contributed by atoms with Crippen molar-refractivity contribution in [1.82, 2.24) is 9.46 Å². The van der Waals surface area contributed by atoms with E-state index in [-0.39, 0.29) is 35.6 Å². The normalized spacial score (nSPS) is 16.1. The first kappa shape index (κ1) is 20.0. The molecule has 10 heteroatoms. The van der Waals surface area contributed by atoms with Gasteiger partial charge in [0, 0.05) is 30.3 Å². The molecule has 1 fully saturated rings. The topological polar surface area (TPSA) is 136 Å². The third-order valence-corrected chi connectivity index (χ3v) is 6.97. The summed E-state index contributed by atoms with van der Waals surface area (Å²) < 4.78 is 32.0. The number of piperidine rings is 1. The van der Waals surface area contributed by atoms with Crippen LogP contribution in [-0.4, -0.2) is 42.8 Å². The fourth-order valence-electron chi connectivity index (χ4n) is 3.29. The average Bonchev–Trinajstić information content (AvgIpc) is 3.01. The fraction of sp³-hybridized carbons (Fsp3) is 0.389. The van der Waals surface area contributed by atoms with Gasteiger partial charge in [-0.3, -0.25) is 9.59 Å². The van der Waals surface area contributed by atoms with E-state index in [1.165, 1.54) is 16.4 Å². The average molecular weight is 406 g/mol. The molecule has 0 unspecified atom stereocenters. The molecule has 0 atom stereocenters. The van der Waals surface area contributed by atoms with Crippen LogP contribution in [0.15, 0.2) is 33.7 Å². The maximum atomic E-state index is 12.8. The van der Waals surface area contributed by atoms with Crippen LogP contribution >= 0.6 is 0 Å². The lowest BCUT2D eigenvalue weighted by molar-refractivity contribution is -0.120. The first-order valence-electron chi connectivity index (χ1n) is 8.84. The Morgan fingerprint density at radius 2 is 1.79 bits per heavy atom. The molecule has 0 spiro atoms. The molecule has 0 radical (unpaired) electrons. The lowest BCUT2D eigenvalue weighted by Gasteiger charge is -2.30.